The third kappa shape index (κ3) is 3.38. The van der Waals surface area contributed by atoms with Crippen LogP contribution in [0.25, 0.3) is 11.0 Å². The minimum atomic E-state index is -3.75. The largest absolute Gasteiger partial charge is 0.356 e. The predicted octanol–water partition coefficient (Wildman–Crippen LogP) is 1.66. The van der Waals surface area contributed by atoms with Crippen LogP contribution in [0.2, 0.25) is 0 Å². The summed E-state index contributed by atoms with van der Waals surface area (Å²) in [5, 5.41) is 12.4. The van der Waals surface area contributed by atoms with Gasteiger partial charge in [-0.05, 0) is 36.4 Å². The number of benzene rings is 2. The number of rotatable bonds is 4. The van der Waals surface area contributed by atoms with Crippen molar-refractivity contribution in [2.45, 2.75) is 11.3 Å². The molecular formula is C15H13N3O4S. The summed E-state index contributed by atoms with van der Waals surface area (Å²) >= 11 is 0. The molecule has 2 aromatic carbocycles. The number of nitrogens with one attached hydrogen (secondary N) is 1. The topological polar surface area (TPSA) is 115 Å². The van der Waals surface area contributed by atoms with Crippen molar-refractivity contribution in [3.8, 4) is 0 Å². The predicted molar refractivity (Wildman–Crippen MR) is 84.2 cm³/mol. The van der Waals surface area contributed by atoms with Crippen LogP contribution >= 0.6 is 0 Å². The van der Waals surface area contributed by atoms with Gasteiger partial charge in [0.1, 0.15) is 5.69 Å². The van der Waals surface area contributed by atoms with Crippen LogP contribution in [0.3, 0.4) is 0 Å². The fraction of sp³-hybridized carbons (Fsp3) is 0.0667. The first-order valence-corrected chi connectivity index (χ1v) is 8.24. The van der Waals surface area contributed by atoms with Crippen molar-refractivity contribution >= 4 is 32.6 Å². The van der Waals surface area contributed by atoms with E-state index in [4.69, 9.17) is 9.66 Å². The number of para-hydroxylation sites is 1. The van der Waals surface area contributed by atoms with Gasteiger partial charge < -0.3 is 9.84 Å². The lowest BCUT2D eigenvalue weighted by molar-refractivity contribution is -0.115. The lowest BCUT2D eigenvalue weighted by Crippen LogP contribution is -2.15. The van der Waals surface area contributed by atoms with Crippen molar-refractivity contribution in [2.24, 2.45) is 5.14 Å². The Labute approximate surface area is 132 Å². The Balaban J connectivity index is 1.72. The standard InChI is InChI=1S/C15H13N3O4S/c16-23(20,21)11-7-5-10(6-8-11)17-15(19)9-13-12-3-1-2-4-14(12)22-18-13/h1-8H,9H2,(H,17,19)(H2,16,20,21). The summed E-state index contributed by atoms with van der Waals surface area (Å²) in [6.07, 6.45) is 0.0496. The summed E-state index contributed by atoms with van der Waals surface area (Å²) in [5.41, 5.74) is 1.63. The van der Waals surface area contributed by atoms with Gasteiger partial charge in [0, 0.05) is 11.1 Å². The minimum absolute atomic E-state index is 0.0157. The molecule has 1 aromatic heterocycles. The highest BCUT2D eigenvalue weighted by molar-refractivity contribution is 7.89. The van der Waals surface area contributed by atoms with Gasteiger partial charge in [0.05, 0.1) is 11.3 Å². The highest BCUT2D eigenvalue weighted by atomic mass is 32.2. The Hall–Kier alpha value is -2.71. The van der Waals surface area contributed by atoms with Crippen LogP contribution in [0, 0.1) is 0 Å². The van der Waals surface area contributed by atoms with Crippen LogP contribution in [0.1, 0.15) is 5.69 Å². The van der Waals surface area contributed by atoms with Crippen molar-refractivity contribution in [2.75, 3.05) is 5.32 Å². The molecule has 0 unspecified atom stereocenters. The molecule has 8 heteroatoms. The molecule has 0 atom stereocenters. The van der Waals surface area contributed by atoms with Gasteiger partial charge in [-0.25, -0.2) is 13.6 Å². The lowest BCUT2D eigenvalue weighted by Gasteiger charge is -2.05. The summed E-state index contributed by atoms with van der Waals surface area (Å²) < 4.78 is 27.5. The zero-order valence-corrected chi connectivity index (χ0v) is 12.7. The summed E-state index contributed by atoms with van der Waals surface area (Å²) in [7, 11) is -3.75. The molecule has 3 aromatic rings. The molecule has 0 radical (unpaired) electrons. The first-order chi connectivity index (χ1) is 10.9. The smallest absolute Gasteiger partial charge is 0.238 e. The summed E-state index contributed by atoms with van der Waals surface area (Å²) in [4.78, 5) is 12.1. The number of primary sulfonamides is 1. The molecule has 118 valence electrons. The first-order valence-electron chi connectivity index (χ1n) is 6.69. The number of carbonyl (C=O) groups is 1. The molecule has 0 bridgehead atoms. The SMILES string of the molecule is NS(=O)(=O)c1ccc(NC(=O)Cc2noc3ccccc23)cc1. The lowest BCUT2D eigenvalue weighted by atomic mass is 10.1. The molecule has 23 heavy (non-hydrogen) atoms. The van der Waals surface area contributed by atoms with Crippen molar-refractivity contribution in [3.63, 3.8) is 0 Å². The third-order valence-electron chi connectivity index (χ3n) is 3.25. The molecule has 0 spiro atoms. The maximum absolute atomic E-state index is 12.1. The van der Waals surface area contributed by atoms with Crippen molar-refractivity contribution in [3.05, 3.63) is 54.2 Å². The van der Waals surface area contributed by atoms with E-state index in [0.29, 0.717) is 17.0 Å². The second-order valence-electron chi connectivity index (χ2n) is 4.92. The molecule has 0 aliphatic carbocycles. The fourth-order valence-electron chi connectivity index (χ4n) is 2.15. The van der Waals surface area contributed by atoms with E-state index in [-0.39, 0.29) is 17.2 Å². The summed E-state index contributed by atoms with van der Waals surface area (Å²) in [6.45, 7) is 0. The minimum Gasteiger partial charge on any atom is -0.356 e. The van der Waals surface area contributed by atoms with E-state index in [9.17, 15) is 13.2 Å². The number of anilines is 1. The Kier molecular flexibility index (Phi) is 3.85. The van der Waals surface area contributed by atoms with Gasteiger partial charge in [0.2, 0.25) is 15.9 Å². The number of amides is 1. The molecule has 0 saturated carbocycles. The average molecular weight is 331 g/mol. The Morgan fingerprint density at radius 3 is 2.52 bits per heavy atom. The van der Waals surface area contributed by atoms with Gasteiger partial charge in [0.15, 0.2) is 5.58 Å². The van der Waals surface area contributed by atoms with Gasteiger partial charge in [-0.1, -0.05) is 17.3 Å². The Morgan fingerprint density at radius 2 is 1.83 bits per heavy atom. The van der Waals surface area contributed by atoms with Crippen LogP contribution in [0.15, 0.2) is 57.9 Å². The molecule has 3 rings (SSSR count). The highest BCUT2D eigenvalue weighted by Crippen LogP contribution is 2.19. The van der Waals surface area contributed by atoms with Crippen LogP contribution in [0.4, 0.5) is 5.69 Å². The van der Waals surface area contributed by atoms with E-state index in [1.54, 1.807) is 6.07 Å². The maximum atomic E-state index is 12.1. The number of hydrogen-bond donors (Lipinski definition) is 2. The number of hydrogen-bond acceptors (Lipinski definition) is 5. The normalized spacial score (nSPS) is 11.5. The molecular weight excluding hydrogens is 318 g/mol. The number of aromatic nitrogens is 1. The molecule has 1 amide bonds. The summed E-state index contributed by atoms with van der Waals surface area (Å²) in [5.74, 6) is -0.285. The second-order valence-corrected chi connectivity index (χ2v) is 6.48. The van der Waals surface area contributed by atoms with E-state index in [0.717, 1.165) is 5.39 Å². The number of carbonyl (C=O) groups excluding carboxylic acids is 1. The van der Waals surface area contributed by atoms with Crippen molar-refractivity contribution in [1.82, 2.24) is 5.16 Å². The quantitative estimate of drug-likeness (QED) is 0.754. The van der Waals surface area contributed by atoms with Crippen molar-refractivity contribution in [1.29, 1.82) is 0 Å². The molecule has 0 fully saturated rings. The summed E-state index contributed by atoms with van der Waals surface area (Å²) in [6, 6.07) is 12.9. The molecule has 0 saturated heterocycles. The zero-order chi connectivity index (χ0) is 16.4. The number of nitrogens with zero attached hydrogens (tertiary/aromatic N) is 1. The van der Waals surface area contributed by atoms with Crippen LogP contribution in [-0.2, 0) is 21.2 Å². The van der Waals surface area contributed by atoms with E-state index in [1.165, 1.54) is 24.3 Å². The van der Waals surface area contributed by atoms with Crippen LogP contribution < -0.4 is 10.5 Å². The van der Waals surface area contributed by atoms with Gasteiger partial charge in [-0.2, -0.15) is 0 Å². The molecule has 7 nitrogen and oxygen atoms in total. The van der Waals surface area contributed by atoms with E-state index in [2.05, 4.69) is 10.5 Å². The van der Waals surface area contributed by atoms with Gasteiger partial charge in [-0.15, -0.1) is 0 Å². The highest BCUT2D eigenvalue weighted by Gasteiger charge is 2.13. The van der Waals surface area contributed by atoms with E-state index < -0.39 is 10.0 Å². The average Bonchev–Trinajstić information content (AvgIpc) is 2.90. The number of sulfonamides is 1. The van der Waals surface area contributed by atoms with Gasteiger partial charge >= 0.3 is 0 Å². The fourth-order valence-corrected chi connectivity index (χ4v) is 2.67. The number of fused-ring (bicyclic) bond motifs is 1. The Bertz CT molecular complexity index is 962. The molecule has 0 aliphatic rings. The van der Waals surface area contributed by atoms with Crippen LogP contribution in [-0.4, -0.2) is 19.5 Å². The molecule has 3 N–H and O–H groups in total. The first kappa shape index (κ1) is 15.2. The van der Waals surface area contributed by atoms with Crippen LogP contribution in [0.5, 0.6) is 0 Å². The Morgan fingerprint density at radius 1 is 1.13 bits per heavy atom. The maximum Gasteiger partial charge on any atom is 0.238 e. The third-order valence-corrected chi connectivity index (χ3v) is 4.18. The zero-order valence-electron chi connectivity index (χ0n) is 11.9. The number of nitrogens with two attached hydrogens (primary N) is 1. The van der Waals surface area contributed by atoms with E-state index in [1.807, 2.05) is 18.2 Å². The van der Waals surface area contributed by atoms with Crippen molar-refractivity contribution < 1.29 is 17.7 Å². The molecule has 1 heterocycles. The second kappa shape index (κ2) is 5.82. The van der Waals surface area contributed by atoms with E-state index >= 15 is 0 Å². The molecule has 0 aliphatic heterocycles. The van der Waals surface area contributed by atoms with Gasteiger partial charge in [0.25, 0.3) is 0 Å². The monoisotopic (exact) mass is 331 g/mol. The van der Waals surface area contributed by atoms with Gasteiger partial charge in [-0.3, -0.25) is 4.79 Å².